The van der Waals surface area contributed by atoms with Gasteiger partial charge in [-0.15, -0.1) is 0 Å². The number of pyridine rings is 1. The van der Waals surface area contributed by atoms with Crippen LogP contribution in [0.4, 0.5) is 5.82 Å². The number of hydrogen-bond donors (Lipinski definition) is 4. The second kappa shape index (κ2) is 9.60. The molecule has 1 amide bonds. The van der Waals surface area contributed by atoms with Crippen LogP contribution in [0.2, 0.25) is 5.15 Å². The fraction of sp³-hybridized carbons (Fsp3) is 0.571. The topological polar surface area (TPSA) is 155 Å². The van der Waals surface area contributed by atoms with Gasteiger partial charge in [-0.25, -0.2) is 4.98 Å². The number of carbonyl (C=O) groups is 3. The normalized spacial score (nSPS) is 28.5. The summed E-state index contributed by atoms with van der Waals surface area (Å²) in [6.07, 6.45) is 2.23. The smallest absolute Gasteiger partial charge is 0.252 e. The number of ether oxygens (including phenoxy) is 1. The predicted octanol–water partition coefficient (Wildman–Crippen LogP) is 2.36. The summed E-state index contributed by atoms with van der Waals surface area (Å²) in [6.45, 7) is 5.62. The minimum atomic E-state index is -1.95. The van der Waals surface area contributed by atoms with Gasteiger partial charge < -0.3 is 26.0 Å². The molecule has 1 fully saturated rings. The Bertz CT molecular complexity index is 1350. The van der Waals surface area contributed by atoms with Crippen LogP contribution in [0.3, 0.4) is 0 Å². The summed E-state index contributed by atoms with van der Waals surface area (Å²) in [5.41, 5.74) is 4.11. The first kappa shape index (κ1) is 27.6. The van der Waals surface area contributed by atoms with Crippen molar-refractivity contribution in [2.45, 2.75) is 64.2 Å². The van der Waals surface area contributed by atoms with Crippen molar-refractivity contribution in [3.8, 4) is 5.75 Å². The molecule has 0 aliphatic heterocycles. The molecule has 1 aromatic rings. The molecule has 210 valence electrons. The van der Waals surface area contributed by atoms with E-state index in [0.29, 0.717) is 18.0 Å². The number of likely N-dealkylation sites (N-methyl/N-ethyl adjacent to an activating group) is 1. The highest BCUT2D eigenvalue weighted by molar-refractivity contribution is 6.31. The largest absolute Gasteiger partial charge is 0.504 e. The minimum Gasteiger partial charge on any atom is -0.504 e. The van der Waals surface area contributed by atoms with Crippen LogP contribution in [0.5, 0.6) is 5.75 Å². The minimum absolute atomic E-state index is 0.00942. The van der Waals surface area contributed by atoms with Gasteiger partial charge in [0.25, 0.3) is 5.91 Å². The molecular formula is C28H35ClN4O6. The summed E-state index contributed by atoms with van der Waals surface area (Å²) in [4.78, 5) is 46.2. The summed E-state index contributed by atoms with van der Waals surface area (Å²) < 4.78 is 6.21. The first-order valence-corrected chi connectivity index (χ1v) is 13.7. The number of ketones is 2. The molecule has 0 bridgehead atoms. The Morgan fingerprint density at radius 1 is 1.31 bits per heavy atom. The monoisotopic (exact) mass is 558 g/mol. The van der Waals surface area contributed by atoms with Gasteiger partial charge in [-0.05, 0) is 78.0 Å². The summed E-state index contributed by atoms with van der Waals surface area (Å²) in [5.74, 6) is -2.82. The van der Waals surface area contributed by atoms with Crippen LogP contribution in [0.15, 0.2) is 22.5 Å². The third-order valence-electron chi connectivity index (χ3n) is 8.47. The number of Topliss-reactive ketones (excluding diaryl/α,β-unsaturated/α-hetero) is 2. The van der Waals surface area contributed by atoms with Crippen molar-refractivity contribution in [3.63, 3.8) is 0 Å². The van der Waals surface area contributed by atoms with Crippen LogP contribution in [0.25, 0.3) is 0 Å². The lowest BCUT2D eigenvalue weighted by atomic mass is 9.57. The van der Waals surface area contributed by atoms with Crippen molar-refractivity contribution < 1.29 is 29.3 Å². The van der Waals surface area contributed by atoms with Crippen molar-refractivity contribution in [1.82, 2.24) is 9.88 Å². The molecule has 4 aliphatic rings. The molecule has 4 aliphatic carbocycles. The van der Waals surface area contributed by atoms with E-state index in [1.54, 1.807) is 32.8 Å². The SMILES string of the molecule is CC1=C(C(N)=O)C(=O)C(N(C)C)C2CC3Cc4c(Cl)nc(NCC5CC5)c(O)c4C(=O)C3=C(OC(C)C)C12O. The maximum absolute atomic E-state index is 14.2. The van der Waals surface area contributed by atoms with Gasteiger partial charge in [-0.2, -0.15) is 0 Å². The van der Waals surface area contributed by atoms with Gasteiger partial charge in [0.05, 0.1) is 23.3 Å². The Morgan fingerprint density at radius 2 is 1.97 bits per heavy atom. The van der Waals surface area contributed by atoms with Crippen molar-refractivity contribution in [1.29, 1.82) is 0 Å². The summed E-state index contributed by atoms with van der Waals surface area (Å²) in [6, 6.07) is -0.888. The van der Waals surface area contributed by atoms with Gasteiger partial charge in [-0.1, -0.05) is 11.6 Å². The van der Waals surface area contributed by atoms with Crippen molar-refractivity contribution in [3.05, 3.63) is 38.8 Å². The van der Waals surface area contributed by atoms with Gasteiger partial charge in [0, 0.05) is 23.6 Å². The standard InChI is InChI=1S/C28H35ClN4O6/c1-11(2)39-24-18-14(9-16-20(33(4)5)22(35)17(26(30)37)12(3)28(16,24)38)8-15-19(21(18)34)23(36)27(32-25(15)29)31-10-13-6-7-13/h11,13-14,16,20,36,38H,6-10H2,1-5H3,(H2,30,37)(H,31,32). The highest BCUT2D eigenvalue weighted by atomic mass is 35.5. The maximum Gasteiger partial charge on any atom is 0.252 e. The molecule has 4 unspecified atom stereocenters. The van der Waals surface area contributed by atoms with Crippen LogP contribution < -0.4 is 11.1 Å². The van der Waals surface area contributed by atoms with E-state index in [-0.39, 0.29) is 57.6 Å². The number of anilines is 1. The molecule has 39 heavy (non-hydrogen) atoms. The zero-order chi connectivity index (χ0) is 28.5. The molecule has 0 saturated heterocycles. The van der Waals surface area contributed by atoms with E-state index in [1.165, 1.54) is 6.92 Å². The van der Waals surface area contributed by atoms with Gasteiger partial charge in [0.15, 0.2) is 23.1 Å². The van der Waals surface area contributed by atoms with Crippen molar-refractivity contribution in [2.75, 3.05) is 26.0 Å². The highest BCUT2D eigenvalue weighted by Crippen LogP contribution is 2.55. The lowest BCUT2D eigenvalue weighted by Crippen LogP contribution is -2.62. The Hall–Kier alpha value is -2.95. The molecule has 1 heterocycles. The maximum atomic E-state index is 14.2. The molecule has 1 saturated carbocycles. The molecule has 4 atom stereocenters. The van der Waals surface area contributed by atoms with E-state index in [4.69, 9.17) is 22.1 Å². The number of carbonyl (C=O) groups excluding carboxylic acids is 3. The van der Waals surface area contributed by atoms with Gasteiger partial charge in [0.1, 0.15) is 16.5 Å². The quantitative estimate of drug-likeness (QED) is 0.291. The van der Waals surface area contributed by atoms with Crippen LogP contribution in [0, 0.1) is 17.8 Å². The van der Waals surface area contributed by atoms with Crippen LogP contribution in [0.1, 0.15) is 56.0 Å². The van der Waals surface area contributed by atoms with Crippen LogP contribution in [-0.4, -0.2) is 76.0 Å². The second-order valence-electron chi connectivity index (χ2n) is 11.7. The van der Waals surface area contributed by atoms with E-state index < -0.39 is 47.1 Å². The number of aromatic nitrogens is 1. The molecule has 0 radical (unpaired) electrons. The number of nitrogens with one attached hydrogen (secondary N) is 1. The Morgan fingerprint density at radius 3 is 2.54 bits per heavy atom. The molecule has 0 aromatic carbocycles. The third kappa shape index (κ3) is 4.24. The van der Waals surface area contributed by atoms with Gasteiger partial charge >= 0.3 is 0 Å². The number of nitrogens with zero attached hydrogens (tertiary/aromatic N) is 2. The number of nitrogens with two attached hydrogens (primary N) is 1. The van der Waals surface area contributed by atoms with Gasteiger partial charge in [0.2, 0.25) is 0 Å². The van der Waals surface area contributed by atoms with E-state index in [9.17, 15) is 24.6 Å². The fourth-order valence-corrected chi connectivity index (χ4v) is 6.77. The number of fused-ring (bicyclic) bond motifs is 3. The van der Waals surface area contributed by atoms with E-state index in [0.717, 1.165) is 12.8 Å². The third-order valence-corrected chi connectivity index (χ3v) is 8.79. The van der Waals surface area contributed by atoms with Crippen LogP contribution in [-0.2, 0) is 20.7 Å². The number of primary amides is 1. The lowest BCUT2D eigenvalue weighted by molar-refractivity contribution is -0.134. The number of hydrogen-bond acceptors (Lipinski definition) is 9. The van der Waals surface area contributed by atoms with Crippen molar-refractivity contribution >= 4 is 34.9 Å². The van der Waals surface area contributed by atoms with E-state index in [2.05, 4.69) is 10.3 Å². The number of amides is 1. The number of halogens is 1. The molecule has 0 spiro atoms. The first-order chi connectivity index (χ1) is 18.3. The molecule has 5 N–H and O–H groups in total. The highest BCUT2D eigenvalue weighted by Gasteiger charge is 2.61. The van der Waals surface area contributed by atoms with E-state index >= 15 is 0 Å². The average Bonchev–Trinajstić information content (AvgIpc) is 3.66. The summed E-state index contributed by atoms with van der Waals surface area (Å²) in [7, 11) is 3.39. The predicted molar refractivity (Wildman–Crippen MR) is 144 cm³/mol. The van der Waals surface area contributed by atoms with Crippen molar-refractivity contribution in [2.24, 2.45) is 23.5 Å². The molecule has 10 nitrogen and oxygen atoms in total. The Kier molecular flexibility index (Phi) is 6.80. The first-order valence-electron chi connectivity index (χ1n) is 13.3. The zero-order valence-electron chi connectivity index (χ0n) is 22.8. The zero-order valence-corrected chi connectivity index (χ0v) is 23.6. The van der Waals surface area contributed by atoms with Gasteiger partial charge in [-0.3, -0.25) is 19.3 Å². The Balaban J connectivity index is 1.74. The van der Waals surface area contributed by atoms with Crippen LogP contribution >= 0.6 is 11.6 Å². The number of rotatable bonds is 7. The fourth-order valence-electron chi connectivity index (χ4n) is 6.51. The summed E-state index contributed by atoms with van der Waals surface area (Å²) >= 11 is 6.58. The lowest BCUT2D eigenvalue weighted by Gasteiger charge is -2.52. The molecule has 11 heteroatoms. The molecule has 5 rings (SSSR count). The number of aliphatic hydroxyl groups is 1. The summed E-state index contributed by atoms with van der Waals surface area (Å²) in [5, 5.41) is 26.9. The average molecular weight is 559 g/mol. The van der Waals surface area contributed by atoms with E-state index in [1.807, 2.05) is 0 Å². The number of aromatic hydroxyl groups is 1. The molecular weight excluding hydrogens is 524 g/mol. The number of allylic oxidation sites excluding steroid dienone is 1. The second-order valence-corrected chi connectivity index (χ2v) is 12.0. The Labute approximate surface area is 232 Å². The molecule has 1 aromatic heterocycles.